The summed E-state index contributed by atoms with van der Waals surface area (Å²) in [5.41, 5.74) is 8.11. The van der Waals surface area contributed by atoms with Crippen molar-refractivity contribution in [3.8, 4) is 0 Å². The summed E-state index contributed by atoms with van der Waals surface area (Å²) in [6.07, 6.45) is -0.705. The first-order valence-electron chi connectivity index (χ1n) is 9.98. The fourth-order valence-electron chi connectivity index (χ4n) is 4.21. The van der Waals surface area contributed by atoms with Gasteiger partial charge >= 0.3 is 0 Å². The lowest BCUT2D eigenvalue weighted by molar-refractivity contribution is -0.117. The second-order valence-corrected chi connectivity index (χ2v) is 7.58. The van der Waals surface area contributed by atoms with Crippen molar-refractivity contribution in [2.45, 2.75) is 6.17 Å². The van der Waals surface area contributed by atoms with E-state index in [1.54, 1.807) is 65.6 Å². The molecule has 0 radical (unpaired) electrons. The van der Waals surface area contributed by atoms with Crippen LogP contribution in [0.25, 0.3) is 0 Å². The van der Waals surface area contributed by atoms with Crippen molar-refractivity contribution in [2.24, 2.45) is 5.73 Å². The van der Waals surface area contributed by atoms with Gasteiger partial charge in [-0.15, -0.1) is 0 Å². The number of nitrogens with two attached hydrogens (primary N) is 1. The Morgan fingerprint density at radius 1 is 0.844 bits per heavy atom. The topological polar surface area (TPSA) is 113 Å². The lowest BCUT2D eigenvalue weighted by atomic mass is 10.0. The van der Waals surface area contributed by atoms with E-state index in [9.17, 15) is 19.2 Å². The lowest BCUT2D eigenvalue weighted by Crippen LogP contribution is -2.50. The van der Waals surface area contributed by atoms with Gasteiger partial charge in [-0.1, -0.05) is 30.3 Å². The van der Waals surface area contributed by atoms with Crippen LogP contribution in [0, 0.1) is 0 Å². The molecular weight excluding hydrogens is 408 g/mol. The molecule has 8 heteroatoms. The van der Waals surface area contributed by atoms with E-state index in [1.165, 1.54) is 17.0 Å². The molecule has 0 saturated heterocycles. The van der Waals surface area contributed by atoms with Crippen molar-refractivity contribution in [2.75, 3.05) is 16.8 Å². The van der Waals surface area contributed by atoms with Gasteiger partial charge in [-0.3, -0.25) is 24.1 Å². The summed E-state index contributed by atoms with van der Waals surface area (Å²) in [6.45, 7) is -0.256. The summed E-state index contributed by atoms with van der Waals surface area (Å²) < 4.78 is 0. The number of amides is 4. The van der Waals surface area contributed by atoms with Crippen LogP contribution in [0.1, 0.15) is 42.8 Å². The molecule has 0 aromatic heterocycles. The molecule has 0 bridgehead atoms. The highest BCUT2D eigenvalue weighted by molar-refractivity contribution is 6.17. The number of primary amides is 1. The minimum atomic E-state index is -0.705. The van der Waals surface area contributed by atoms with Crippen molar-refractivity contribution in [1.82, 2.24) is 4.90 Å². The predicted molar refractivity (Wildman–Crippen MR) is 117 cm³/mol. The SMILES string of the molecule is NC(=O)c1ccc(NC(=O)CN2C(=O)c3ccccc3N3C(=O)c4ccccc4[C@@H]23)cc1. The number of nitrogens with zero attached hydrogens (tertiary/aromatic N) is 2. The molecule has 0 saturated carbocycles. The molecule has 3 aromatic carbocycles. The van der Waals surface area contributed by atoms with Gasteiger partial charge in [0.1, 0.15) is 12.7 Å². The number of hydrogen-bond acceptors (Lipinski definition) is 4. The van der Waals surface area contributed by atoms with Crippen molar-refractivity contribution >= 4 is 35.0 Å². The second-order valence-electron chi connectivity index (χ2n) is 7.58. The zero-order valence-electron chi connectivity index (χ0n) is 16.8. The Morgan fingerprint density at radius 2 is 1.50 bits per heavy atom. The fourth-order valence-corrected chi connectivity index (χ4v) is 4.21. The largest absolute Gasteiger partial charge is 0.366 e. The summed E-state index contributed by atoms with van der Waals surface area (Å²) in [4.78, 5) is 53.5. The Morgan fingerprint density at radius 3 is 2.22 bits per heavy atom. The number of carbonyl (C=O) groups is 4. The van der Waals surface area contributed by atoms with E-state index in [4.69, 9.17) is 5.73 Å². The molecule has 2 aliphatic rings. The van der Waals surface area contributed by atoms with Crippen LogP contribution >= 0.6 is 0 Å². The first-order valence-corrected chi connectivity index (χ1v) is 9.98. The average molecular weight is 426 g/mol. The molecule has 3 aromatic rings. The summed E-state index contributed by atoms with van der Waals surface area (Å²) in [6, 6.07) is 20.1. The van der Waals surface area contributed by atoms with Crippen LogP contribution in [0.5, 0.6) is 0 Å². The van der Waals surface area contributed by atoms with Crippen molar-refractivity contribution < 1.29 is 19.2 Å². The molecule has 5 rings (SSSR count). The van der Waals surface area contributed by atoms with Gasteiger partial charge in [-0.2, -0.15) is 0 Å². The second kappa shape index (κ2) is 7.35. The Balaban J connectivity index is 1.48. The smallest absolute Gasteiger partial charge is 0.260 e. The molecule has 0 fully saturated rings. The molecule has 2 aliphatic heterocycles. The van der Waals surface area contributed by atoms with E-state index in [-0.39, 0.29) is 18.4 Å². The van der Waals surface area contributed by atoms with Gasteiger partial charge in [-0.05, 0) is 42.5 Å². The quantitative estimate of drug-likeness (QED) is 0.667. The summed E-state index contributed by atoms with van der Waals surface area (Å²) in [7, 11) is 0. The highest BCUT2D eigenvalue weighted by atomic mass is 16.2. The van der Waals surface area contributed by atoms with Crippen LogP contribution < -0.4 is 16.0 Å². The first-order chi connectivity index (χ1) is 15.5. The molecule has 3 N–H and O–H groups in total. The van der Waals surface area contributed by atoms with Crippen LogP contribution in [-0.2, 0) is 4.79 Å². The van der Waals surface area contributed by atoms with Crippen LogP contribution in [0.3, 0.4) is 0 Å². The molecule has 0 unspecified atom stereocenters. The van der Waals surface area contributed by atoms with E-state index >= 15 is 0 Å². The first kappa shape index (κ1) is 19.5. The highest BCUT2D eigenvalue weighted by Gasteiger charge is 2.48. The maximum Gasteiger partial charge on any atom is 0.260 e. The van der Waals surface area contributed by atoms with E-state index in [0.29, 0.717) is 33.6 Å². The van der Waals surface area contributed by atoms with Gasteiger partial charge in [0.05, 0.1) is 11.3 Å². The Kier molecular flexibility index (Phi) is 4.48. The standard InChI is InChI=1S/C24H18N4O4/c25-21(30)14-9-11-15(12-10-14)26-20(29)13-27-22-16-5-1-2-6-17(16)24(32)28(22)19-8-4-3-7-18(19)23(27)31/h1-12,22H,13H2,(H2,25,30)(H,26,29)/t22-/m0/s1. The van der Waals surface area contributed by atoms with E-state index < -0.39 is 18.0 Å². The molecule has 4 amide bonds. The maximum atomic E-state index is 13.3. The number of carbonyl (C=O) groups excluding carboxylic acids is 4. The number of nitrogens with one attached hydrogen (secondary N) is 1. The van der Waals surface area contributed by atoms with E-state index in [1.807, 2.05) is 0 Å². The maximum absolute atomic E-state index is 13.3. The Labute approximate surface area is 183 Å². The fraction of sp³-hybridized carbons (Fsp3) is 0.0833. The van der Waals surface area contributed by atoms with Gasteiger partial charge in [0, 0.05) is 22.4 Å². The summed E-state index contributed by atoms with van der Waals surface area (Å²) in [5, 5.41) is 2.73. The van der Waals surface area contributed by atoms with E-state index in [2.05, 4.69) is 5.32 Å². The van der Waals surface area contributed by atoms with Gasteiger partial charge in [-0.25, -0.2) is 0 Å². The van der Waals surface area contributed by atoms with E-state index in [0.717, 1.165) is 0 Å². The zero-order chi connectivity index (χ0) is 22.4. The van der Waals surface area contributed by atoms with Gasteiger partial charge in [0.25, 0.3) is 11.8 Å². The van der Waals surface area contributed by atoms with Crippen LogP contribution in [-0.4, -0.2) is 35.1 Å². The number of rotatable bonds is 4. The van der Waals surface area contributed by atoms with Crippen LogP contribution in [0.15, 0.2) is 72.8 Å². The number of anilines is 2. The van der Waals surface area contributed by atoms with Crippen LogP contribution in [0.4, 0.5) is 11.4 Å². The van der Waals surface area contributed by atoms with Crippen molar-refractivity contribution in [3.05, 3.63) is 95.1 Å². The predicted octanol–water partition coefficient (Wildman–Crippen LogP) is 2.54. The molecule has 158 valence electrons. The van der Waals surface area contributed by atoms with Crippen molar-refractivity contribution in [3.63, 3.8) is 0 Å². The molecule has 1 atom stereocenters. The molecular formula is C24H18N4O4. The zero-order valence-corrected chi connectivity index (χ0v) is 16.8. The van der Waals surface area contributed by atoms with Crippen molar-refractivity contribution in [1.29, 1.82) is 0 Å². The Bertz CT molecular complexity index is 1290. The highest BCUT2D eigenvalue weighted by Crippen LogP contribution is 2.44. The summed E-state index contributed by atoms with van der Waals surface area (Å²) in [5.74, 6) is -1.53. The van der Waals surface area contributed by atoms with Gasteiger partial charge in [0.15, 0.2) is 0 Å². The molecule has 2 heterocycles. The molecule has 0 spiro atoms. The number of para-hydroxylation sites is 1. The third-order valence-corrected chi connectivity index (χ3v) is 5.65. The number of fused-ring (bicyclic) bond motifs is 5. The third-order valence-electron chi connectivity index (χ3n) is 5.65. The molecule has 32 heavy (non-hydrogen) atoms. The number of benzene rings is 3. The minimum Gasteiger partial charge on any atom is -0.366 e. The van der Waals surface area contributed by atoms with Gasteiger partial charge < -0.3 is 16.0 Å². The normalized spacial score (nSPS) is 16.3. The Hall–Kier alpha value is -4.46. The summed E-state index contributed by atoms with van der Waals surface area (Å²) >= 11 is 0. The number of hydrogen-bond donors (Lipinski definition) is 2. The minimum absolute atomic E-state index is 0.210. The molecule has 0 aliphatic carbocycles. The lowest BCUT2D eigenvalue weighted by Gasteiger charge is -2.40. The third kappa shape index (κ3) is 3.01. The van der Waals surface area contributed by atoms with Crippen LogP contribution in [0.2, 0.25) is 0 Å². The van der Waals surface area contributed by atoms with Gasteiger partial charge in [0.2, 0.25) is 11.8 Å². The molecule has 8 nitrogen and oxygen atoms in total. The monoisotopic (exact) mass is 426 g/mol. The average Bonchev–Trinajstić information content (AvgIpc) is 3.10.